The van der Waals surface area contributed by atoms with Gasteiger partial charge in [-0.15, -0.1) is 0 Å². The van der Waals surface area contributed by atoms with Crippen molar-refractivity contribution in [2.45, 2.75) is 13.0 Å². The van der Waals surface area contributed by atoms with Crippen LogP contribution >= 0.6 is 0 Å². The number of nitrogens with zero attached hydrogens (tertiary/aromatic N) is 2. The minimum atomic E-state index is -0.480. The maximum absolute atomic E-state index is 12.3. The number of nitrogens with one attached hydrogen (secondary N) is 2. The zero-order valence-electron chi connectivity index (χ0n) is 14.8. The predicted molar refractivity (Wildman–Crippen MR) is 97.7 cm³/mol. The molecule has 1 amide bonds. The monoisotopic (exact) mass is 352 g/mol. The van der Waals surface area contributed by atoms with Crippen LogP contribution in [0.3, 0.4) is 0 Å². The van der Waals surface area contributed by atoms with E-state index >= 15 is 0 Å². The third-order valence-corrected chi connectivity index (χ3v) is 3.66. The smallest absolute Gasteiger partial charge is 0.263 e. The molecule has 0 spiro atoms. The number of nitriles is 1. The van der Waals surface area contributed by atoms with Gasteiger partial charge in [-0.3, -0.25) is 9.78 Å². The van der Waals surface area contributed by atoms with Crippen LogP contribution in [0.2, 0.25) is 0 Å². The Labute approximate surface area is 152 Å². The number of pyridine rings is 1. The van der Waals surface area contributed by atoms with E-state index in [0.29, 0.717) is 17.2 Å². The highest BCUT2D eigenvalue weighted by Crippen LogP contribution is 2.29. The van der Waals surface area contributed by atoms with Gasteiger partial charge in [0.25, 0.3) is 5.91 Å². The topological polar surface area (TPSA) is 96.3 Å². The third kappa shape index (κ3) is 4.74. The summed E-state index contributed by atoms with van der Waals surface area (Å²) in [7, 11) is 3.10. The van der Waals surface area contributed by atoms with E-state index in [1.54, 1.807) is 50.9 Å². The Bertz CT molecular complexity index is 828. The fraction of sp³-hybridized carbons (Fsp3) is 0.211. The second-order valence-electron chi connectivity index (χ2n) is 5.37. The van der Waals surface area contributed by atoms with Crippen LogP contribution in [0.4, 0.5) is 5.69 Å². The molecule has 1 unspecified atom stereocenters. The molecular weight excluding hydrogens is 332 g/mol. The number of aromatic nitrogens is 1. The van der Waals surface area contributed by atoms with E-state index in [4.69, 9.17) is 9.47 Å². The molecule has 1 heterocycles. The van der Waals surface area contributed by atoms with Crippen molar-refractivity contribution in [1.82, 2.24) is 10.3 Å². The van der Waals surface area contributed by atoms with Crippen molar-refractivity contribution < 1.29 is 14.3 Å². The molecule has 0 aliphatic heterocycles. The maximum atomic E-state index is 12.3. The highest BCUT2D eigenvalue weighted by atomic mass is 16.5. The van der Waals surface area contributed by atoms with Gasteiger partial charge in [-0.2, -0.15) is 5.26 Å². The SMILES string of the molecule is COc1ccc(C(C)NC(=O)/C(C#N)=C\Nc2cccnc2)cc1OC. The van der Waals surface area contributed by atoms with Gasteiger partial charge >= 0.3 is 0 Å². The van der Waals surface area contributed by atoms with Crippen molar-refractivity contribution in [3.63, 3.8) is 0 Å². The second kappa shape index (κ2) is 9.08. The number of amides is 1. The molecule has 0 bridgehead atoms. The van der Waals surface area contributed by atoms with E-state index in [-0.39, 0.29) is 11.6 Å². The first kappa shape index (κ1) is 18.8. The third-order valence-electron chi connectivity index (χ3n) is 3.66. The Hall–Kier alpha value is -3.53. The average molecular weight is 352 g/mol. The Morgan fingerprint density at radius 3 is 2.65 bits per heavy atom. The molecule has 0 saturated heterocycles. The summed E-state index contributed by atoms with van der Waals surface area (Å²) in [6.45, 7) is 1.82. The Balaban J connectivity index is 2.08. The largest absolute Gasteiger partial charge is 0.493 e. The summed E-state index contributed by atoms with van der Waals surface area (Å²) in [5.41, 5.74) is 1.47. The summed E-state index contributed by atoms with van der Waals surface area (Å²) < 4.78 is 10.5. The van der Waals surface area contributed by atoms with Crippen LogP contribution in [0, 0.1) is 11.3 Å². The summed E-state index contributed by atoms with van der Waals surface area (Å²) >= 11 is 0. The summed E-state index contributed by atoms with van der Waals surface area (Å²) in [4.78, 5) is 16.3. The number of ether oxygens (including phenoxy) is 2. The quantitative estimate of drug-likeness (QED) is 0.587. The van der Waals surface area contributed by atoms with Crippen molar-refractivity contribution in [3.8, 4) is 17.6 Å². The highest BCUT2D eigenvalue weighted by Gasteiger charge is 2.15. The molecule has 7 nitrogen and oxygen atoms in total. The summed E-state index contributed by atoms with van der Waals surface area (Å²) in [5, 5.41) is 14.9. The van der Waals surface area contributed by atoms with Crippen LogP contribution in [-0.2, 0) is 4.79 Å². The molecule has 0 aliphatic rings. The fourth-order valence-electron chi connectivity index (χ4n) is 2.23. The van der Waals surface area contributed by atoms with E-state index in [9.17, 15) is 10.1 Å². The van der Waals surface area contributed by atoms with Gasteiger partial charge in [0.05, 0.1) is 32.1 Å². The fourth-order valence-corrected chi connectivity index (χ4v) is 2.23. The van der Waals surface area contributed by atoms with Gasteiger partial charge in [0, 0.05) is 12.4 Å². The number of methoxy groups -OCH3 is 2. The maximum Gasteiger partial charge on any atom is 0.263 e. The lowest BCUT2D eigenvalue weighted by molar-refractivity contribution is -0.117. The van der Waals surface area contributed by atoms with Gasteiger partial charge in [0.15, 0.2) is 11.5 Å². The van der Waals surface area contributed by atoms with Crippen LogP contribution < -0.4 is 20.1 Å². The first-order chi connectivity index (χ1) is 12.6. The molecule has 0 fully saturated rings. The summed E-state index contributed by atoms with van der Waals surface area (Å²) in [6.07, 6.45) is 4.58. The molecule has 0 saturated carbocycles. The number of hydrogen-bond donors (Lipinski definition) is 2. The van der Waals surface area contributed by atoms with Gasteiger partial charge < -0.3 is 20.1 Å². The van der Waals surface area contributed by atoms with Gasteiger partial charge in [-0.25, -0.2) is 0 Å². The van der Waals surface area contributed by atoms with Crippen molar-refractivity contribution >= 4 is 11.6 Å². The van der Waals surface area contributed by atoms with Gasteiger partial charge in [0.2, 0.25) is 0 Å². The molecule has 2 N–H and O–H groups in total. The molecule has 1 aromatic carbocycles. The zero-order chi connectivity index (χ0) is 18.9. The van der Waals surface area contributed by atoms with E-state index < -0.39 is 5.91 Å². The second-order valence-corrected chi connectivity index (χ2v) is 5.37. The average Bonchev–Trinajstić information content (AvgIpc) is 2.68. The number of carbonyl (C=O) groups is 1. The van der Waals surface area contributed by atoms with E-state index in [2.05, 4.69) is 15.6 Å². The standard InChI is InChI=1S/C19H20N4O3/c1-13(14-6-7-17(25-2)18(9-14)26-3)23-19(24)15(10-20)11-22-16-5-4-8-21-12-16/h4-9,11-13,22H,1-3H3,(H,23,24)/b15-11-. The molecule has 2 rings (SSSR count). The molecule has 134 valence electrons. The van der Waals surface area contributed by atoms with E-state index in [1.807, 2.05) is 19.1 Å². The molecule has 7 heteroatoms. The first-order valence-electron chi connectivity index (χ1n) is 7.88. The van der Waals surface area contributed by atoms with Gasteiger partial charge in [-0.1, -0.05) is 6.07 Å². The molecule has 0 radical (unpaired) electrons. The Morgan fingerprint density at radius 1 is 1.27 bits per heavy atom. The molecule has 26 heavy (non-hydrogen) atoms. The van der Waals surface area contributed by atoms with Crippen molar-refractivity contribution in [2.24, 2.45) is 0 Å². The molecule has 1 atom stereocenters. The normalized spacial score (nSPS) is 11.8. The Kier molecular flexibility index (Phi) is 6.57. The van der Waals surface area contributed by atoms with Crippen molar-refractivity contribution in [1.29, 1.82) is 5.26 Å². The number of carbonyl (C=O) groups excluding carboxylic acids is 1. The van der Waals surface area contributed by atoms with Crippen molar-refractivity contribution in [3.05, 3.63) is 60.1 Å². The van der Waals surface area contributed by atoms with Crippen LogP contribution in [0.15, 0.2) is 54.5 Å². The van der Waals surface area contributed by atoms with E-state index in [0.717, 1.165) is 5.56 Å². The zero-order valence-corrected chi connectivity index (χ0v) is 14.8. The minimum absolute atomic E-state index is 0.0406. The van der Waals surface area contributed by atoms with Crippen molar-refractivity contribution in [2.75, 3.05) is 19.5 Å². The number of benzene rings is 1. The highest BCUT2D eigenvalue weighted by molar-refractivity contribution is 5.97. The number of anilines is 1. The number of hydrogen-bond acceptors (Lipinski definition) is 6. The molecule has 0 aliphatic carbocycles. The summed E-state index contributed by atoms with van der Waals surface area (Å²) in [5.74, 6) is 0.694. The first-order valence-corrected chi connectivity index (χ1v) is 7.88. The number of rotatable bonds is 7. The molecular formula is C19H20N4O3. The lowest BCUT2D eigenvalue weighted by Crippen LogP contribution is -2.28. The summed E-state index contributed by atoms with van der Waals surface area (Å²) in [6, 6.07) is 10.5. The lowest BCUT2D eigenvalue weighted by Gasteiger charge is -2.16. The van der Waals surface area contributed by atoms with E-state index in [1.165, 1.54) is 6.20 Å². The minimum Gasteiger partial charge on any atom is -0.493 e. The van der Waals surface area contributed by atoms with Gasteiger partial charge in [0.1, 0.15) is 11.6 Å². The van der Waals surface area contributed by atoms with Crippen LogP contribution in [0.25, 0.3) is 0 Å². The Morgan fingerprint density at radius 2 is 2.04 bits per heavy atom. The van der Waals surface area contributed by atoms with Crippen LogP contribution in [0.5, 0.6) is 11.5 Å². The lowest BCUT2D eigenvalue weighted by atomic mass is 10.1. The van der Waals surface area contributed by atoms with Crippen LogP contribution in [-0.4, -0.2) is 25.1 Å². The molecule has 1 aromatic heterocycles. The van der Waals surface area contributed by atoms with Gasteiger partial charge in [-0.05, 0) is 36.8 Å². The van der Waals surface area contributed by atoms with Crippen LogP contribution in [0.1, 0.15) is 18.5 Å². The predicted octanol–water partition coefficient (Wildman–Crippen LogP) is 2.80. The molecule has 2 aromatic rings.